The van der Waals surface area contributed by atoms with E-state index in [0.29, 0.717) is 37.3 Å². The number of nitrogens with zero attached hydrogens (tertiary/aromatic N) is 6. The zero-order chi connectivity index (χ0) is 43.3. The fourth-order valence-corrected chi connectivity index (χ4v) is 8.99. The van der Waals surface area contributed by atoms with Gasteiger partial charge >= 0.3 is 12.1 Å². The molecular weight excluding hydrogens is 757 g/mol. The smallest absolute Gasteiger partial charge is 0.425 e. The molecule has 0 aliphatic carbocycles. The van der Waals surface area contributed by atoms with Crippen LogP contribution in [0.2, 0.25) is 0 Å². The Labute approximate surface area is 341 Å². The molecular formula is C40H64FN7O10. The van der Waals surface area contributed by atoms with Crippen LogP contribution in [0.3, 0.4) is 0 Å². The van der Waals surface area contributed by atoms with Crippen LogP contribution in [-0.2, 0) is 51.1 Å². The van der Waals surface area contributed by atoms with Crippen LogP contribution in [0.15, 0.2) is 17.7 Å². The molecule has 4 heterocycles. The van der Waals surface area contributed by atoms with E-state index >= 15 is 4.39 Å². The third-order valence-electron chi connectivity index (χ3n) is 12.1. The summed E-state index contributed by atoms with van der Waals surface area (Å²) in [5, 5.41) is 26.3. The number of likely N-dealkylation sites (N-methyl/N-ethyl adjacent to an activating group) is 1. The number of aromatic nitrogens is 2. The van der Waals surface area contributed by atoms with Crippen molar-refractivity contribution >= 4 is 23.6 Å². The van der Waals surface area contributed by atoms with Gasteiger partial charge in [-0.3, -0.25) is 4.79 Å². The van der Waals surface area contributed by atoms with Gasteiger partial charge in [-0.1, -0.05) is 32.9 Å². The van der Waals surface area contributed by atoms with Crippen LogP contribution in [-0.4, -0.2) is 143 Å². The van der Waals surface area contributed by atoms with Crippen LogP contribution in [0.1, 0.15) is 86.8 Å². The molecule has 0 bridgehead atoms. The monoisotopic (exact) mass is 821 g/mol. The number of amides is 1. The number of ketones is 1. The Kier molecular flexibility index (Phi) is 15.5. The molecule has 3 aliphatic heterocycles. The summed E-state index contributed by atoms with van der Waals surface area (Å²) in [6, 6.07) is 0.829. The minimum absolute atomic E-state index is 0.0972. The molecule has 2 N–H and O–H groups in total. The number of nitrogens with one attached hydrogen (secondary N) is 1. The molecule has 2 unspecified atom stereocenters. The first-order valence-electron chi connectivity index (χ1n) is 20.1. The van der Waals surface area contributed by atoms with Crippen molar-refractivity contribution < 1.29 is 52.4 Å². The van der Waals surface area contributed by atoms with Crippen molar-refractivity contribution in [2.75, 3.05) is 34.9 Å². The Bertz CT molecular complexity index is 1670. The fraction of sp³-hybridized carbons (Fsp3) is 0.800. The number of carbonyl (C=O) groups is 3. The molecule has 1 aromatic heterocycles. The number of aryl methyl sites for hydroxylation is 1. The molecule has 4 rings (SSSR count). The lowest BCUT2D eigenvalue weighted by molar-refractivity contribution is -0.295. The van der Waals surface area contributed by atoms with Crippen molar-refractivity contribution in [1.82, 2.24) is 24.9 Å². The van der Waals surface area contributed by atoms with E-state index in [1.165, 1.54) is 26.2 Å². The number of Topliss-reactive ketones (excluding diaryl/α,β-unsaturated/α-hetero) is 1. The number of methoxy groups -OCH3 is 1. The number of nitriles is 1. The molecule has 3 fully saturated rings. The van der Waals surface area contributed by atoms with E-state index in [1.807, 2.05) is 44.3 Å². The summed E-state index contributed by atoms with van der Waals surface area (Å²) in [4.78, 5) is 53.7. The summed E-state index contributed by atoms with van der Waals surface area (Å²) in [7, 11) is 6.52. The maximum atomic E-state index is 16.9. The number of imidazole rings is 1. The summed E-state index contributed by atoms with van der Waals surface area (Å²) in [6.45, 7) is 13.8. The fourth-order valence-electron chi connectivity index (χ4n) is 8.99. The van der Waals surface area contributed by atoms with Gasteiger partial charge < -0.3 is 43.1 Å². The summed E-state index contributed by atoms with van der Waals surface area (Å²) >= 11 is 0. The number of oxime groups is 1. The van der Waals surface area contributed by atoms with Gasteiger partial charge in [0.25, 0.3) is 5.67 Å². The number of aliphatic hydroxyl groups excluding tert-OH is 1. The zero-order valence-electron chi connectivity index (χ0n) is 36.1. The van der Waals surface area contributed by atoms with Crippen LogP contribution in [0.4, 0.5) is 9.18 Å². The number of alkyl halides is 1. The van der Waals surface area contributed by atoms with Crippen molar-refractivity contribution in [3.63, 3.8) is 0 Å². The van der Waals surface area contributed by atoms with Crippen LogP contribution < -0.4 is 5.43 Å². The maximum Gasteiger partial charge on any atom is 0.425 e. The van der Waals surface area contributed by atoms with E-state index in [4.69, 9.17) is 33.8 Å². The molecule has 326 valence electrons. The number of rotatable bonds is 12. The molecule has 3 saturated heterocycles. The van der Waals surface area contributed by atoms with Crippen LogP contribution in [0.5, 0.6) is 0 Å². The van der Waals surface area contributed by atoms with E-state index < -0.39 is 83.1 Å². The number of aliphatic hydroxyl groups is 1. The SMILES string of the molecule is CC[C@H]1OC(=O)[C@@](C)(F)C(=O)C(C)[C@@H](O[C@@H]2O[C@H](C)C[C@H](N(C)C)C2O)[C@](C)(OC)C[C@@H](C)/C(=N\OC)[C@@H](C)[C@H]2N(NCCCn3cnc(CC#N)c3)C(=O)O[C@]12C. The molecule has 58 heavy (non-hydrogen) atoms. The van der Waals surface area contributed by atoms with E-state index in [0.717, 1.165) is 6.92 Å². The molecule has 3 aliphatic rings. The summed E-state index contributed by atoms with van der Waals surface area (Å²) < 4.78 is 49.6. The zero-order valence-corrected chi connectivity index (χ0v) is 36.1. The standard InChI is InChI=1S/C40H64FN7O10/c1-13-29-40(8)32(48(37(52)58-40)44-17-14-18-47-21-27(15-16-42)43-22-47)25(4)30(45-54-12)23(2)20-38(6,53-11)34(26(5)33(50)39(7,41)36(51)56-29)57-35-31(49)28(46(9)10)19-24(3)55-35/h21-26,28-29,31-32,34-35,44,49H,13-15,17-20H2,1-12H3/b45-30+/t23-,24-,25-,26?,28+,29-,31?,32-,34-,35+,38-,39+,40-/m1/s1. The Morgan fingerprint density at radius 2 is 1.84 bits per heavy atom. The Hall–Kier alpha value is -3.73. The van der Waals surface area contributed by atoms with Gasteiger partial charge in [0.05, 0.1) is 48.0 Å². The Morgan fingerprint density at radius 3 is 2.45 bits per heavy atom. The molecule has 0 spiro atoms. The average Bonchev–Trinajstić information content (AvgIpc) is 3.73. The molecule has 17 nitrogen and oxygen atoms in total. The van der Waals surface area contributed by atoms with Gasteiger partial charge in [0.15, 0.2) is 17.7 Å². The van der Waals surface area contributed by atoms with Crippen LogP contribution >= 0.6 is 0 Å². The van der Waals surface area contributed by atoms with E-state index in [1.54, 1.807) is 33.3 Å². The van der Waals surface area contributed by atoms with Crippen molar-refractivity contribution in [3.05, 3.63) is 18.2 Å². The normalized spacial score (nSPS) is 38.6. The van der Waals surface area contributed by atoms with Gasteiger partial charge in [0.1, 0.15) is 25.4 Å². The molecule has 1 aromatic rings. The molecule has 0 aromatic carbocycles. The van der Waals surface area contributed by atoms with Gasteiger partial charge in [-0.05, 0) is 67.5 Å². The van der Waals surface area contributed by atoms with Gasteiger partial charge in [-0.15, -0.1) is 0 Å². The van der Waals surface area contributed by atoms with E-state index in [2.05, 4.69) is 21.6 Å². The second-order valence-corrected chi connectivity index (χ2v) is 16.8. The largest absolute Gasteiger partial charge is 0.455 e. The molecule has 13 atom stereocenters. The lowest BCUT2D eigenvalue weighted by Gasteiger charge is -2.47. The first-order chi connectivity index (χ1) is 27.2. The number of hydrogen-bond donors (Lipinski definition) is 2. The van der Waals surface area contributed by atoms with Crippen molar-refractivity contribution in [1.29, 1.82) is 5.26 Å². The number of carbonyl (C=O) groups excluding carboxylic acids is 3. The number of esters is 1. The first-order valence-corrected chi connectivity index (χ1v) is 20.1. The number of hydrazine groups is 1. The lowest BCUT2D eigenvalue weighted by atomic mass is 9.73. The quantitative estimate of drug-likeness (QED) is 0.134. The maximum absolute atomic E-state index is 16.9. The topological polar surface area (TPSA) is 199 Å². The third kappa shape index (κ3) is 9.66. The van der Waals surface area contributed by atoms with E-state index in [-0.39, 0.29) is 31.4 Å². The Morgan fingerprint density at radius 1 is 1.16 bits per heavy atom. The second kappa shape index (κ2) is 19.1. The molecule has 1 amide bonds. The van der Waals surface area contributed by atoms with Gasteiger partial charge in [-0.2, -0.15) is 5.26 Å². The average molecular weight is 822 g/mol. The number of halogens is 1. The summed E-state index contributed by atoms with van der Waals surface area (Å²) in [5.74, 6) is -5.05. The van der Waals surface area contributed by atoms with Crippen molar-refractivity contribution in [2.24, 2.45) is 22.9 Å². The van der Waals surface area contributed by atoms with Crippen molar-refractivity contribution in [3.8, 4) is 6.07 Å². The minimum Gasteiger partial charge on any atom is -0.455 e. The summed E-state index contributed by atoms with van der Waals surface area (Å²) in [6.07, 6.45) is -1.02. The predicted molar refractivity (Wildman–Crippen MR) is 209 cm³/mol. The van der Waals surface area contributed by atoms with Crippen LogP contribution in [0, 0.1) is 29.1 Å². The number of cyclic esters (lactones) is 1. The highest BCUT2D eigenvalue weighted by molar-refractivity contribution is 6.08. The van der Waals surface area contributed by atoms with Gasteiger partial charge in [0.2, 0.25) is 0 Å². The Balaban J connectivity index is 1.78. The van der Waals surface area contributed by atoms with Crippen LogP contribution in [0.25, 0.3) is 0 Å². The number of fused-ring (bicyclic) bond motifs is 1. The molecule has 0 radical (unpaired) electrons. The highest BCUT2D eigenvalue weighted by Crippen LogP contribution is 2.43. The second-order valence-electron chi connectivity index (χ2n) is 16.8. The molecule has 18 heteroatoms. The highest BCUT2D eigenvalue weighted by atomic mass is 19.1. The summed E-state index contributed by atoms with van der Waals surface area (Å²) in [5.41, 5.74) is -1.78. The predicted octanol–water partition coefficient (Wildman–Crippen LogP) is 3.57. The van der Waals surface area contributed by atoms with Crippen molar-refractivity contribution in [2.45, 2.75) is 154 Å². The highest BCUT2D eigenvalue weighted by Gasteiger charge is 2.62. The number of hydrogen-bond acceptors (Lipinski definition) is 15. The minimum atomic E-state index is -3.18. The van der Waals surface area contributed by atoms with Gasteiger partial charge in [-0.25, -0.2) is 29.4 Å². The van der Waals surface area contributed by atoms with Gasteiger partial charge in [0, 0.05) is 50.2 Å². The molecule has 0 saturated carbocycles. The first kappa shape index (κ1) is 47.0. The number of ether oxygens (including phenoxy) is 5. The van der Waals surface area contributed by atoms with E-state index in [9.17, 15) is 19.5 Å². The third-order valence-corrected chi connectivity index (χ3v) is 12.1. The lowest BCUT2D eigenvalue weighted by Crippen LogP contribution is -2.62.